The predicted octanol–water partition coefficient (Wildman–Crippen LogP) is 2.12. The highest BCUT2D eigenvalue weighted by Gasteiger charge is 2.47. The molecule has 0 radical (unpaired) electrons. The number of benzene rings is 1. The van der Waals surface area contributed by atoms with Crippen LogP contribution in [0.4, 0.5) is 0 Å². The predicted molar refractivity (Wildman–Crippen MR) is 97.7 cm³/mol. The normalized spacial score (nSPS) is 24.5. The van der Waals surface area contributed by atoms with Crippen molar-refractivity contribution >= 4 is 5.91 Å². The van der Waals surface area contributed by atoms with E-state index in [-0.39, 0.29) is 18.6 Å². The van der Waals surface area contributed by atoms with Gasteiger partial charge in [-0.25, -0.2) is 0 Å². The number of likely N-dealkylation sites (N-methyl/N-ethyl adjacent to an activating group) is 1. The fourth-order valence-electron chi connectivity index (χ4n) is 4.37. The summed E-state index contributed by atoms with van der Waals surface area (Å²) in [5, 5.41) is 10.2. The van der Waals surface area contributed by atoms with E-state index in [1.54, 1.807) is 19.1 Å². The molecule has 2 atom stereocenters. The second kappa shape index (κ2) is 7.84. The van der Waals surface area contributed by atoms with Crippen LogP contribution in [0.5, 0.6) is 11.5 Å². The molecule has 0 aromatic heterocycles. The topological polar surface area (TPSA) is 68.2 Å². The van der Waals surface area contributed by atoms with Crippen LogP contribution < -0.4 is 9.47 Å². The summed E-state index contributed by atoms with van der Waals surface area (Å²) >= 11 is 0. The van der Waals surface area contributed by atoms with Gasteiger partial charge in [0, 0.05) is 6.54 Å². The maximum atomic E-state index is 13.7. The zero-order chi connectivity index (χ0) is 18.7. The average Bonchev–Trinajstić information content (AvgIpc) is 3.32. The number of ether oxygens (including phenoxy) is 3. The van der Waals surface area contributed by atoms with Gasteiger partial charge in [-0.2, -0.15) is 0 Å². The molecule has 6 heteroatoms. The third kappa shape index (κ3) is 3.16. The Morgan fingerprint density at radius 2 is 1.92 bits per heavy atom. The van der Waals surface area contributed by atoms with Crippen LogP contribution >= 0.6 is 0 Å². The highest BCUT2D eigenvalue weighted by atomic mass is 16.5. The van der Waals surface area contributed by atoms with E-state index in [1.807, 2.05) is 25.1 Å². The third-order valence-electron chi connectivity index (χ3n) is 5.83. The fourth-order valence-corrected chi connectivity index (χ4v) is 4.37. The number of nitrogens with zero attached hydrogens (tertiary/aromatic N) is 1. The number of hydrogen-bond acceptors (Lipinski definition) is 5. The van der Waals surface area contributed by atoms with Gasteiger partial charge in [-0.15, -0.1) is 0 Å². The molecule has 1 aromatic carbocycles. The fraction of sp³-hybridized carbons (Fsp3) is 0.650. The zero-order valence-corrected chi connectivity index (χ0v) is 15.9. The van der Waals surface area contributed by atoms with Crippen molar-refractivity contribution in [2.75, 3.05) is 34.0 Å². The molecule has 1 aromatic rings. The Morgan fingerprint density at radius 3 is 2.46 bits per heavy atom. The first-order valence-electron chi connectivity index (χ1n) is 9.36. The molecule has 6 nitrogen and oxygen atoms in total. The molecule has 1 saturated carbocycles. The molecule has 3 rings (SSSR count). The minimum Gasteiger partial charge on any atom is -0.493 e. The Morgan fingerprint density at radius 1 is 1.23 bits per heavy atom. The largest absolute Gasteiger partial charge is 0.493 e. The number of hydrogen-bond donors (Lipinski definition) is 1. The molecule has 1 heterocycles. The molecule has 26 heavy (non-hydrogen) atoms. The number of carbonyl (C=O) groups excluding carboxylic acids is 1. The summed E-state index contributed by atoms with van der Waals surface area (Å²) in [5.41, 5.74) is 0.391. The molecule has 2 aliphatic rings. The number of aliphatic hydroxyl groups excluding tert-OH is 1. The average molecular weight is 363 g/mol. The number of amides is 1. The van der Waals surface area contributed by atoms with Crippen molar-refractivity contribution in [2.45, 2.75) is 50.2 Å². The molecule has 2 fully saturated rings. The molecular formula is C20H29NO5. The molecule has 0 unspecified atom stereocenters. The van der Waals surface area contributed by atoms with Crippen molar-refractivity contribution in [3.05, 3.63) is 23.8 Å². The second-order valence-corrected chi connectivity index (χ2v) is 7.12. The quantitative estimate of drug-likeness (QED) is 0.839. The summed E-state index contributed by atoms with van der Waals surface area (Å²) in [6.45, 7) is 3.19. The second-order valence-electron chi connectivity index (χ2n) is 7.12. The van der Waals surface area contributed by atoms with Crippen molar-refractivity contribution in [2.24, 2.45) is 0 Å². The zero-order valence-electron chi connectivity index (χ0n) is 15.9. The molecule has 1 saturated heterocycles. The highest BCUT2D eigenvalue weighted by Crippen LogP contribution is 2.45. The molecule has 0 spiro atoms. The lowest BCUT2D eigenvalue weighted by molar-refractivity contribution is -0.141. The third-order valence-corrected chi connectivity index (χ3v) is 5.83. The Labute approximate surface area is 155 Å². The molecular weight excluding hydrogens is 334 g/mol. The maximum Gasteiger partial charge on any atom is 0.233 e. The lowest BCUT2D eigenvalue weighted by Gasteiger charge is -2.38. The standard InChI is InChI=1S/C20H29NO5/c1-4-21(15-12-26-13-16(15)22)19(23)20(9-5-6-10-20)14-7-8-17(24-2)18(11-14)25-3/h7-8,11,15-16,22H,4-6,9-10,12-13H2,1-3H3/t15-,16-/m0/s1. The van der Waals surface area contributed by atoms with Gasteiger partial charge in [0.05, 0.1) is 45.0 Å². The van der Waals surface area contributed by atoms with Crippen LogP contribution in [0, 0.1) is 0 Å². The van der Waals surface area contributed by atoms with Crippen molar-refractivity contribution in [3.63, 3.8) is 0 Å². The number of methoxy groups -OCH3 is 2. The van der Waals surface area contributed by atoms with Gasteiger partial charge in [-0.3, -0.25) is 4.79 Å². The van der Waals surface area contributed by atoms with E-state index >= 15 is 0 Å². The summed E-state index contributed by atoms with van der Waals surface area (Å²) in [4.78, 5) is 15.5. The Hall–Kier alpha value is -1.79. The number of rotatable bonds is 6. The molecule has 1 aliphatic carbocycles. The summed E-state index contributed by atoms with van der Waals surface area (Å²) in [7, 11) is 3.21. The minimum atomic E-state index is -0.622. The van der Waals surface area contributed by atoms with E-state index in [0.717, 1.165) is 31.2 Å². The van der Waals surface area contributed by atoms with Gasteiger partial charge in [0.1, 0.15) is 0 Å². The summed E-state index contributed by atoms with van der Waals surface area (Å²) in [5.74, 6) is 1.37. The van der Waals surface area contributed by atoms with Crippen molar-refractivity contribution in [1.82, 2.24) is 4.90 Å². The van der Waals surface area contributed by atoms with E-state index in [0.29, 0.717) is 24.7 Å². The van der Waals surface area contributed by atoms with Gasteiger partial charge < -0.3 is 24.2 Å². The van der Waals surface area contributed by atoms with Crippen molar-refractivity contribution in [3.8, 4) is 11.5 Å². The van der Waals surface area contributed by atoms with E-state index in [2.05, 4.69) is 0 Å². The van der Waals surface area contributed by atoms with Gasteiger partial charge in [0.15, 0.2) is 11.5 Å². The smallest absolute Gasteiger partial charge is 0.233 e. The summed E-state index contributed by atoms with van der Waals surface area (Å²) in [6, 6.07) is 5.49. The molecule has 0 bridgehead atoms. The lowest BCUT2D eigenvalue weighted by Crippen LogP contribution is -2.53. The summed E-state index contributed by atoms with van der Waals surface area (Å²) < 4.78 is 16.2. The summed E-state index contributed by atoms with van der Waals surface area (Å²) in [6.07, 6.45) is 3.02. The first kappa shape index (κ1) is 19.0. The van der Waals surface area contributed by atoms with Gasteiger partial charge in [0.2, 0.25) is 5.91 Å². The van der Waals surface area contributed by atoms with E-state index < -0.39 is 11.5 Å². The van der Waals surface area contributed by atoms with Gasteiger partial charge in [-0.1, -0.05) is 18.9 Å². The Kier molecular flexibility index (Phi) is 5.73. The molecule has 144 valence electrons. The van der Waals surface area contributed by atoms with Crippen LogP contribution in [0.3, 0.4) is 0 Å². The Balaban J connectivity index is 1.98. The van der Waals surface area contributed by atoms with Crippen LogP contribution in [0.15, 0.2) is 18.2 Å². The lowest BCUT2D eigenvalue weighted by atomic mass is 9.77. The van der Waals surface area contributed by atoms with Crippen LogP contribution in [-0.4, -0.2) is 62.0 Å². The van der Waals surface area contributed by atoms with Crippen LogP contribution in [0.1, 0.15) is 38.2 Å². The minimum absolute atomic E-state index is 0.0827. The number of aliphatic hydroxyl groups is 1. The number of carbonyl (C=O) groups is 1. The first-order chi connectivity index (χ1) is 12.6. The van der Waals surface area contributed by atoms with Crippen LogP contribution in [-0.2, 0) is 14.9 Å². The maximum absolute atomic E-state index is 13.7. The Bertz CT molecular complexity index is 641. The van der Waals surface area contributed by atoms with Crippen LogP contribution in [0.2, 0.25) is 0 Å². The van der Waals surface area contributed by atoms with E-state index in [4.69, 9.17) is 14.2 Å². The van der Waals surface area contributed by atoms with Gasteiger partial charge in [0.25, 0.3) is 0 Å². The van der Waals surface area contributed by atoms with Crippen molar-refractivity contribution < 1.29 is 24.1 Å². The first-order valence-corrected chi connectivity index (χ1v) is 9.36. The van der Waals surface area contributed by atoms with Crippen molar-refractivity contribution in [1.29, 1.82) is 0 Å². The van der Waals surface area contributed by atoms with Gasteiger partial charge in [-0.05, 0) is 37.5 Å². The SMILES string of the molecule is CCN(C(=O)C1(c2ccc(OC)c(OC)c2)CCCC1)[C@H]1COC[C@@H]1O. The molecule has 1 N–H and O–H groups in total. The monoisotopic (exact) mass is 363 g/mol. The molecule has 1 amide bonds. The molecule has 1 aliphatic heterocycles. The van der Waals surface area contributed by atoms with E-state index in [9.17, 15) is 9.90 Å². The van der Waals surface area contributed by atoms with E-state index in [1.165, 1.54) is 0 Å². The van der Waals surface area contributed by atoms with Gasteiger partial charge >= 0.3 is 0 Å². The van der Waals surface area contributed by atoms with Crippen LogP contribution in [0.25, 0.3) is 0 Å². The highest BCUT2D eigenvalue weighted by molar-refractivity contribution is 5.89.